The van der Waals surface area contributed by atoms with E-state index < -0.39 is 10.0 Å². The maximum Gasteiger partial charge on any atom is 0.216 e. The van der Waals surface area contributed by atoms with Crippen molar-refractivity contribution in [2.24, 2.45) is 4.99 Å². The molecular weight excluding hydrogens is 364 g/mol. The van der Waals surface area contributed by atoms with Crippen molar-refractivity contribution in [3.8, 4) is 0 Å². The second-order valence-corrected chi connectivity index (χ2v) is 9.04. The number of guanidine groups is 1. The summed E-state index contributed by atoms with van der Waals surface area (Å²) < 4.78 is 31.8. The monoisotopic (exact) mass is 396 g/mol. The lowest BCUT2D eigenvalue weighted by Gasteiger charge is -2.36. The summed E-state index contributed by atoms with van der Waals surface area (Å²) in [6.45, 7) is 9.01. The van der Waals surface area contributed by atoms with E-state index in [1.165, 1.54) is 11.1 Å². The summed E-state index contributed by atoms with van der Waals surface area (Å²) in [5.41, 5.74) is 2.46. The number of hydrogen-bond acceptors (Lipinski definition) is 4. The number of rotatable bonds is 7. The Kier molecular flexibility index (Phi) is 8.07. The first kappa shape index (κ1) is 21.7. The molecule has 0 radical (unpaired) electrons. The van der Waals surface area contributed by atoms with Crippen molar-refractivity contribution in [3.05, 3.63) is 35.4 Å². The zero-order valence-electron chi connectivity index (χ0n) is 16.8. The first-order chi connectivity index (χ1) is 12.8. The van der Waals surface area contributed by atoms with Gasteiger partial charge in [-0.15, -0.1) is 0 Å². The lowest BCUT2D eigenvalue weighted by molar-refractivity contribution is 0.0904. The van der Waals surface area contributed by atoms with Crippen LogP contribution in [0.15, 0.2) is 29.3 Å². The van der Waals surface area contributed by atoms with Crippen LogP contribution >= 0.6 is 0 Å². The van der Waals surface area contributed by atoms with E-state index in [1.54, 1.807) is 11.4 Å². The van der Waals surface area contributed by atoms with Crippen molar-refractivity contribution in [1.82, 2.24) is 14.5 Å². The fourth-order valence-corrected chi connectivity index (χ4v) is 4.30. The predicted octanol–water partition coefficient (Wildman–Crippen LogP) is 1.44. The maximum absolute atomic E-state index is 12.4. The number of nitrogens with one attached hydrogen (secondary N) is 1. The van der Waals surface area contributed by atoms with Gasteiger partial charge in [0.25, 0.3) is 0 Å². The van der Waals surface area contributed by atoms with E-state index >= 15 is 0 Å². The molecular formula is C19H32N4O3S. The van der Waals surface area contributed by atoms with Gasteiger partial charge in [0, 0.05) is 39.8 Å². The molecule has 1 aromatic carbocycles. The smallest absolute Gasteiger partial charge is 0.216 e. The van der Waals surface area contributed by atoms with Gasteiger partial charge < -0.3 is 15.0 Å². The fourth-order valence-electron chi connectivity index (χ4n) is 3.01. The number of hydrogen-bond donors (Lipinski definition) is 1. The molecule has 27 heavy (non-hydrogen) atoms. The average Bonchev–Trinajstić information content (AvgIpc) is 2.63. The highest BCUT2D eigenvalue weighted by atomic mass is 32.2. The molecule has 1 heterocycles. The topological polar surface area (TPSA) is 74.2 Å². The molecule has 0 atom stereocenters. The van der Waals surface area contributed by atoms with Crippen LogP contribution in [0.1, 0.15) is 25.0 Å². The zero-order valence-corrected chi connectivity index (χ0v) is 17.6. The summed E-state index contributed by atoms with van der Waals surface area (Å²) >= 11 is 0. The molecule has 0 spiro atoms. The normalized spacial score (nSPS) is 16.8. The molecule has 0 unspecified atom stereocenters. The Morgan fingerprint density at radius 1 is 1.22 bits per heavy atom. The number of piperazine rings is 1. The van der Waals surface area contributed by atoms with Gasteiger partial charge in [-0.3, -0.25) is 4.99 Å². The van der Waals surface area contributed by atoms with E-state index in [9.17, 15) is 8.42 Å². The largest absolute Gasteiger partial charge is 0.378 e. The first-order valence-electron chi connectivity index (χ1n) is 9.43. The lowest BCUT2D eigenvalue weighted by Crippen LogP contribution is -2.54. The molecule has 1 aliphatic heterocycles. The summed E-state index contributed by atoms with van der Waals surface area (Å²) in [6, 6.07) is 8.24. The Bertz CT molecular complexity index is 726. The second-order valence-electron chi connectivity index (χ2n) is 6.95. The van der Waals surface area contributed by atoms with Gasteiger partial charge >= 0.3 is 0 Å². The van der Waals surface area contributed by atoms with Crippen LogP contribution in [-0.2, 0) is 21.3 Å². The third kappa shape index (κ3) is 6.48. The number of sulfonamides is 1. The Labute approximate surface area is 163 Å². The molecule has 0 aliphatic carbocycles. The third-order valence-corrected chi connectivity index (χ3v) is 6.47. The van der Waals surface area contributed by atoms with Gasteiger partial charge in [0.15, 0.2) is 5.96 Å². The van der Waals surface area contributed by atoms with Crippen LogP contribution in [0.5, 0.6) is 0 Å². The minimum Gasteiger partial charge on any atom is -0.378 e. The van der Waals surface area contributed by atoms with Crippen LogP contribution in [0.4, 0.5) is 0 Å². The molecule has 8 heteroatoms. The van der Waals surface area contributed by atoms with Gasteiger partial charge in [-0.25, -0.2) is 8.42 Å². The number of aliphatic imine (C=N–C) groups is 1. The van der Waals surface area contributed by atoms with Gasteiger partial charge in [-0.2, -0.15) is 4.31 Å². The summed E-state index contributed by atoms with van der Waals surface area (Å²) in [5, 5.41) is 3.38. The van der Waals surface area contributed by atoms with E-state index in [1.807, 2.05) is 26.0 Å². The highest BCUT2D eigenvalue weighted by molar-refractivity contribution is 7.89. The van der Waals surface area contributed by atoms with Crippen molar-refractivity contribution < 1.29 is 13.2 Å². The number of ether oxygens (including phenoxy) is 1. The number of benzene rings is 1. The highest BCUT2D eigenvalue weighted by Gasteiger charge is 2.28. The standard InChI is InChI=1S/C19H32N4O3S/c1-16(2)26-13-14-27(24,25)23-11-9-22(10-12-23)19(20-4)21-15-18-8-6-5-7-17(18)3/h5-8,16H,9-15H2,1-4H3,(H,20,21). The van der Waals surface area contributed by atoms with Crippen LogP contribution in [0.25, 0.3) is 0 Å². The fraction of sp³-hybridized carbons (Fsp3) is 0.632. The van der Waals surface area contributed by atoms with Gasteiger partial charge in [0.2, 0.25) is 10.0 Å². The molecule has 1 saturated heterocycles. The van der Waals surface area contributed by atoms with Crippen molar-refractivity contribution in [2.75, 3.05) is 45.6 Å². The Balaban J connectivity index is 1.85. The Morgan fingerprint density at radius 3 is 2.48 bits per heavy atom. The summed E-state index contributed by atoms with van der Waals surface area (Å²) in [5.74, 6) is 0.837. The minimum absolute atomic E-state index is 0.0332. The average molecular weight is 397 g/mol. The maximum atomic E-state index is 12.4. The molecule has 1 fully saturated rings. The van der Waals surface area contributed by atoms with Crippen LogP contribution in [0.3, 0.4) is 0 Å². The number of aryl methyl sites for hydroxylation is 1. The van der Waals surface area contributed by atoms with Crippen molar-refractivity contribution >= 4 is 16.0 Å². The minimum atomic E-state index is -3.27. The van der Waals surface area contributed by atoms with Crippen molar-refractivity contribution in [3.63, 3.8) is 0 Å². The van der Waals surface area contributed by atoms with Crippen LogP contribution < -0.4 is 5.32 Å². The third-order valence-electron chi connectivity index (χ3n) is 4.63. The molecule has 1 N–H and O–H groups in total. The SMILES string of the molecule is CN=C(NCc1ccccc1C)N1CCN(S(=O)(=O)CCOC(C)C)CC1. The quantitative estimate of drug-likeness (QED) is 0.558. The van der Waals surface area contributed by atoms with E-state index in [2.05, 4.69) is 34.3 Å². The second kappa shape index (κ2) is 10.1. The molecule has 0 saturated carbocycles. The Morgan fingerprint density at radius 2 is 1.89 bits per heavy atom. The van der Waals surface area contributed by atoms with Crippen LogP contribution in [0.2, 0.25) is 0 Å². The first-order valence-corrected chi connectivity index (χ1v) is 11.0. The highest BCUT2D eigenvalue weighted by Crippen LogP contribution is 2.10. The lowest BCUT2D eigenvalue weighted by atomic mass is 10.1. The zero-order chi connectivity index (χ0) is 19.9. The van der Waals surface area contributed by atoms with Crippen LogP contribution in [0, 0.1) is 6.92 Å². The molecule has 1 aromatic rings. The van der Waals surface area contributed by atoms with Gasteiger partial charge in [0.05, 0.1) is 18.5 Å². The summed E-state index contributed by atoms with van der Waals surface area (Å²) in [4.78, 5) is 6.46. The van der Waals surface area contributed by atoms with E-state index in [4.69, 9.17) is 4.74 Å². The van der Waals surface area contributed by atoms with Crippen molar-refractivity contribution in [2.45, 2.75) is 33.4 Å². The van der Waals surface area contributed by atoms with E-state index in [0.717, 1.165) is 5.96 Å². The molecule has 1 aliphatic rings. The molecule has 2 rings (SSSR count). The molecule has 7 nitrogen and oxygen atoms in total. The van der Waals surface area contributed by atoms with Gasteiger partial charge in [-0.05, 0) is 31.9 Å². The van der Waals surface area contributed by atoms with Crippen LogP contribution in [-0.4, -0.2) is 75.3 Å². The molecule has 0 bridgehead atoms. The van der Waals surface area contributed by atoms with Crippen molar-refractivity contribution in [1.29, 1.82) is 0 Å². The summed E-state index contributed by atoms with van der Waals surface area (Å²) in [6.07, 6.45) is 0.0414. The van der Waals surface area contributed by atoms with E-state index in [-0.39, 0.29) is 18.5 Å². The molecule has 152 valence electrons. The molecule has 0 amide bonds. The summed E-state index contributed by atoms with van der Waals surface area (Å²) in [7, 11) is -1.52. The Hall–Kier alpha value is -1.64. The number of nitrogens with zero attached hydrogens (tertiary/aromatic N) is 3. The van der Waals surface area contributed by atoms with Gasteiger partial charge in [0.1, 0.15) is 0 Å². The van der Waals surface area contributed by atoms with Gasteiger partial charge in [-0.1, -0.05) is 24.3 Å². The van der Waals surface area contributed by atoms with E-state index in [0.29, 0.717) is 32.7 Å². The predicted molar refractivity (Wildman–Crippen MR) is 109 cm³/mol. The molecule has 0 aromatic heterocycles.